The fourth-order valence-electron chi connectivity index (χ4n) is 1.70. The zero-order valence-electron chi connectivity index (χ0n) is 10.2. The molecule has 0 aliphatic heterocycles. The van der Waals surface area contributed by atoms with Gasteiger partial charge in [0.25, 0.3) is 0 Å². The summed E-state index contributed by atoms with van der Waals surface area (Å²) >= 11 is 0. The summed E-state index contributed by atoms with van der Waals surface area (Å²) < 4.78 is 36.8. The minimum absolute atomic E-state index is 0.00219. The van der Waals surface area contributed by atoms with Gasteiger partial charge >= 0.3 is 5.97 Å². The minimum atomic E-state index is -3.61. The lowest BCUT2D eigenvalue weighted by Crippen LogP contribution is -2.27. The molecular formula is C12H15FO4S. The van der Waals surface area contributed by atoms with Crippen LogP contribution in [-0.2, 0) is 14.6 Å². The average molecular weight is 274 g/mol. The molecule has 0 aromatic heterocycles. The third kappa shape index (κ3) is 4.10. The highest BCUT2D eigenvalue weighted by atomic mass is 32.2. The molecule has 0 saturated carbocycles. The summed E-state index contributed by atoms with van der Waals surface area (Å²) in [6.07, 6.45) is -0.243. The third-order valence-electron chi connectivity index (χ3n) is 2.38. The minimum Gasteiger partial charge on any atom is -0.481 e. The zero-order chi connectivity index (χ0) is 14.0. The Kier molecular flexibility index (Phi) is 4.11. The van der Waals surface area contributed by atoms with Crippen LogP contribution in [0, 0.1) is 11.2 Å². The molecule has 1 aromatic rings. The molecule has 4 nitrogen and oxygen atoms in total. The van der Waals surface area contributed by atoms with E-state index in [1.165, 1.54) is 12.1 Å². The number of halogens is 1. The monoisotopic (exact) mass is 274 g/mol. The van der Waals surface area contributed by atoms with Crippen molar-refractivity contribution >= 4 is 15.8 Å². The second-order valence-corrected chi connectivity index (χ2v) is 6.94. The third-order valence-corrected chi connectivity index (χ3v) is 4.54. The van der Waals surface area contributed by atoms with E-state index in [4.69, 9.17) is 5.11 Å². The van der Waals surface area contributed by atoms with Crippen LogP contribution in [0.5, 0.6) is 0 Å². The maximum atomic E-state index is 12.7. The number of rotatable bonds is 5. The second kappa shape index (κ2) is 5.06. The Morgan fingerprint density at radius 3 is 2.22 bits per heavy atom. The molecule has 0 unspecified atom stereocenters. The van der Waals surface area contributed by atoms with Crippen molar-refractivity contribution in [2.24, 2.45) is 5.41 Å². The van der Waals surface area contributed by atoms with Gasteiger partial charge in [-0.2, -0.15) is 0 Å². The van der Waals surface area contributed by atoms with Gasteiger partial charge in [0.1, 0.15) is 5.82 Å². The van der Waals surface area contributed by atoms with Crippen LogP contribution in [0.2, 0.25) is 0 Å². The molecule has 1 aromatic carbocycles. The predicted molar refractivity (Wildman–Crippen MR) is 64.5 cm³/mol. The lowest BCUT2D eigenvalue weighted by Gasteiger charge is -2.21. The van der Waals surface area contributed by atoms with E-state index in [0.29, 0.717) is 0 Å². The van der Waals surface area contributed by atoms with Crippen molar-refractivity contribution in [2.75, 3.05) is 5.75 Å². The summed E-state index contributed by atoms with van der Waals surface area (Å²) in [6, 6.07) is 4.50. The van der Waals surface area contributed by atoms with E-state index >= 15 is 0 Å². The molecule has 0 saturated heterocycles. The van der Waals surface area contributed by atoms with Gasteiger partial charge in [-0.15, -0.1) is 0 Å². The summed E-state index contributed by atoms with van der Waals surface area (Å²) in [7, 11) is -3.61. The van der Waals surface area contributed by atoms with Crippen molar-refractivity contribution in [1.82, 2.24) is 0 Å². The summed E-state index contributed by atoms with van der Waals surface area (Å²) in [5.41, 5.74) is -0.876. The second-order valence-electron chi connectivity index (χ2n) is 4.95. The molecule has 1 N–H and O–H groups in total. The first-order valence-electron chi connectivity index (χ1n) is 5.32. The molecule has 1 rings (SSSR count). The van der Waals surface area contributed by atoms with Crippen LogP contribution in [0.3, 0.4) is 0 Å². The molecule has 0 atom stereocenters. The number of carboxylic acid groups (broad SMARTS) is 1. The van der Waals surface area contributed by atoms with Gasteiger partial charge in [-0.1, -0.05) is 13.8 Å². The summed E-state index contributed by atoms with van der Waals surface area (Å²) in [6.45, 7) is 3.14. The van der Waals surface area contributed by atoms with Gasteiger partial charge in [-0.25, -0.2) is 12.8 Å². The van der Waals surface area contributed by atoms with E-state index < -0.39 is 27.0 Å². The van der Waals surface area contributed by atoms with Crippen molar-refractivity contribution in [3.8, 4) is 0 Å². The standard InChI is InChI=1S/C12H15FO4S/c1-12(2,7-11(14)15)8-18(16,17)10-5-3-9(13)4-6-10/h3-6H,7-8H2,1-2H3,(H,14,15). The highest BCUT2D eigenvalue weighted by molar-refractivity contribution is 7.91. The largest absolute Gasteiger partial charge is 0.481 e. The smallest absolute Gasteiger partial charge is 0.303 e. The van der Waals surface area contributed by atoms with Crippen LogP contribution >= 0.6 is 0 Å². The lowest BCUT2D eigenvalue weighted by atomic mass is 9.92. The van der Waals surface area contributed by atoms with Gasteiger partial charge in [0.15, 0.2) is 9.84 Å². The molecule has 0 aliphatic carbocycles. The van der Waals surface area contributed by atoms with Crippen molar-refractivity contribution < 1.29 is 22.7 Å². The quantitative estimate of drug-likeness (QED) is 0.835. The van der Waals surface area contributed by atoms with Crippen molar-refractivity contribution in [3.63, 3.8) is 0 Å². The number of carbonyl (C=O) groups is 1. The van der Waals surface area contributed by atoms with Gasteiger partial charge in [0, 0.05) is 0 Å². The Labute approximate surface area is 105 Å². The number of aliphatic carboxylic acids is 1. The summed E-state index contributed by atoms with van der Waals surface area (Å²) in [5, 5.41) is 8.71. The number of hydrogen-bond acceptors (Lipinski definition) is 3. The highest BCUT2D eigenvalue weighted by Gasteiger charge is 2.29. The van der Waals surface area contributed by atoms with E-state index in [1.807, 2.05) is 0 Å². The van der Waals surface area contributed by atoms with Crippen LogP contribution in [0.25, 0.3) is 0 Å². The fraction of sp³-hybridized carbons (Fsp3) is 0.417. The van der Waals surface area contributed by atoms with Crippen LogP contribution in [-0.4, -0.2) is 25.2 Å². The van der Waals surface area contributed by atoms with Crippen LogP contribution in [0.1, 0.15) is 20.3 Å². The van der Waals surface area contributed by atoms with Crippen LogP contribution in [0.4, 0.5) is 4.39 Å². The molecule has 0 spiro atoms. The molecule has 18 heavy (non-hydrogen) atoms. The van der Waals surface area contributed by atoms with Crippen LogP contribution < -0.4 is 0 Å². The number of carboxylic acids is 1. The topological polar surface area (TPSA) is 71.4 Å². The van der Waals surface area contributed by atoms with Crippen molar-refractivity contribution in [1.29, 1.82) is 0 Å². The zero-order valence-corrected chi connectivity index (χ0v) is 11.0. The van der Waals surface area contributed by atoms with Gasteiger partial charge in [0.05, 0.1) is 17.1 Å². The highest BCUT2D eigenvalue weighted by Crippen LogP contribution is 2.26. The summed E-state index contributed by atoms with van der Waals surface area (Å²) in [4.78, 5) is 10.6. The molecule has 0 aliphatic rings. The molecule has 100 valence electrons. The molecule has 0 heterocycles. The van der Waals surface area contributed by atoms with E-state index in [1.54, 1.807) is 13.8 Å². The number of hydrogen-bond donors (Lipinski definition) is 1. The number of sulfone groups is 1. The predicted octanol–water partition coefficient (Wildman–Crippen LogP) is 2.10. The normalized spacial score (nSPS) is 12.4. The molecule has 0 bridgehead atoms. The van der Waals surface area contributed by atoms with Gasteiger partial charge < -0.3 is 5.11 Å². The Hall–Kier alpha value is -1.43. The maximum Gasteiger partial charge on any atom is 0.303 e. The van der Waals surface area contributed by atoms with Gasteiger partial charge in [0.2, 0.25) is 0 Å². The first-order chi connectivity index (χ1) is 8.12. The van der Waals surface area contributed by atoms with Crippen LogP contribution in [0.15, 0.2) is 29.2 Å². The van der Waals surface area contributed by atoms with E-state index in [2.05, 4.69) is 0 Å². The maximum absolute atomic E-state index is 12.7. The van der Waals surface area contributed by atoms with E-state index in [-0.39, 0.29) is 17.1 Å². The average Bonchev–Trinajstić information content (AvgIpc) is 2.13. The van der Waals surface area contributed by atoms with E-state index in [0.717, 1.165) is 12.1 Å². The molecule has 0 amide bonds. The van der Waals surface area contributed by atoms with Crippen molar-refractivity contribution in [3.05, 3.63) is 30.1 Å². The first-order valence-corrected chi connectivity index (χ1v) is 6.98. The number of benzene rings is 1. The Morgan fingerprint density at radius 1 is 1.28 bits per heavy atom. The van der Waals surface area contributed by atoms with E-state index in [9.17, 15) is 17.6 Å². The van der Waals surface area contributed by atoms with Gasteiger partial charge in [-0.3, -0.25) is 4.79 Å². The van der Waals surface area contributed by atoms with Gasteiger partial charge in [-0.05, 0) is 29.7 Å². The first kappa shape index (κ1) is 14.6. The molecular weight excluding hydrogens is 259 g/mol. The Bertz CT molecular complexity index is 532. The SMILES string of the molecule is CC(C)(CC(=O)O)CS(=O)(=O)c1ccc(F)cc1. The fourth-order valence-corrected chi connectivity index (χ4v) is 3.55. The summed E-state index contributed by atoms with van der Waals surface area (Å²) in [5.74, 6) is -1.86. The Morgan fingerprint density at radius 2 is 1.78 bits per heavy atom. The van der Waals surface area contributed by atoms with Crippen molar-refractivity contribution in [2.45, 2.75) is 25.2 Å². The Balaban J connectivity index is 2.95. The molecule has 0 fully saturated rings. The molecule has 6 heteroatoms. The lowest BCUT2D eigenvalue weighted by molar-refractivity contribution is -0.138. The molecule has 0 radical (unpaired) electrons.